The van der Waals surface area contributed by atoms with Gasteiger partial charge in [-0.1, -0.05) is 140 Å². The van der Waals surface area contributed by atoms with E-state index in [-0.39, 0.29) is 0 Å². The fourth-order valence-electron chi connectivity index (χ4n) is 7.75. The number of para-hydroxylation sites is 2. The van der Waals surface area contributed by atoms with Crippen LogP contribution in [-0.2, 0) is 0 Å². The molecule has 2 heteroatoms. The Hall–Kier alpha value is -6.64. The van der Waals surface area contributed by atoms with Gasteiger partial charge in [0, 0.05) is 32.6 Å². The van der Waals surface area contributed by atoms with Crippen molar-refractivity contribution in [2.75, 3.05) is 0 Å². The molecule has 10 rings (SSSR count). The van der Waals surface area contributed by atoms with Crippen LogP contribution in [0.1, 0.15) is 0 Å². The summed E-state index contributed by atoms with van der Waals surface area (Å²) in [4.78, 5) is 0. The van der Waals surface area contributed by atoms with E-state index in [4.69, 9.17) is 4.42 Å². The third-order valence-electron chi connectivity index (χ3n) is 10.0. The molecule has 8 aromatic carbocycles. The Labute approximate surface area is 289 Å². The van der Waals surface area contributed by atoms with Crippen LogP contribution in [0.5, 0.6) is 0 Å². The third-order valence-corrected chi connectivity index (χ3v) is 10.0. The predicted octanol–water partition coefficient (Wildman–Crippen LogP) is 13.4. The number of hydrogen-bond acceptors (Lipinski definition) is 1. The first-order valence-electron chi connectivity index (χ1n) is 17.1. The van der Waals surface area contributed by atoms with E-state index in [2.05, 4.69) is 193 Å². The minimum absolute atomic E-state index is 0.832. The van der Waals surface area contributed by atoms with Crippen molar-refractivity contribution in [3.63, 3.8) is 0 Å². The molecule has 0 saturated heterocycles. The quantitative estimate of drug-likeness (QED) is 0.188. The summed E-state index contributed by atoms with van der Waals surface area (Å²) in [7, 11) is 0. The van der Waals surface area contributed by atoms with Gasteiger partial charge in [-0.25, -0.2) is 0 Å². The molecule has 10 aromatic rings. The van der Waals surface area contributed by atoms with E-state index in [1.807, 2.05) is 0 Å². The molecule has 0 unspecified atom stereocenters. The molecule has 0 saturated carbocycles. The molecular weight excluding hydrogens is 607 g/mol. The maximum Gasteiger partial charge on any atom is 0.135 e. The summed E-state index contributed by atoms with van der Waals surface area (Å²) < 4.78 is 9.43. The average molecular weight is 638 g/mol. The summed E-state index contributed by atoms with van der Waals surface area (Å²) in [5.41, 5.74) is 9.81. The predicted molar refractivity (Wildman–Crippen MR) is 212 cm³/mol. The summed E-state index contributed by atoms with van der Waals surface area (Å²) in [5, 5.41) is 9.25. The van der Waals surface area contributed by atoms with Gasteiger partial charge in [0.1, 0.15) is 11.2 Å². The summed E-state index contributed by atoms with van der Waals surface area (Å²) in [6, 6.07) is 67.3. The van der Waals surface area contributed by atoms with Crippen LogP contribution >= 0.6 is 0 Å². The van der Waals surface area contributed by atoms with Gasteiger partial charge in [-0.15, -0.1) is 0 Å². The number of hydrogen-bond donors (Lipinski definition) is 0. The van der Waals surface area contributed by atoms with Gasteiger partial charge in [0.25, 0.3) is 0 Å². The lowest BCUT2D eigenvalue weighted by Gasteiger charge is -2.09. The van der Waals surface area contributed by atoms with Crippen molar-refractivity contribution in [2.45, 2.75) is 0 Å². The minimum atomic E-state index is 0.832. The largest absolute Gasteiger partial charge is 0.456 e. The molecule has 234 valence electrons. The van der Waals surface area contributed by atoms with Crippen molar-refractivity contribution in [3.05, 3.63) is 188 Å². The second-order valence-electron chi connectivity index (χ2n) is 12.9. The zero-order chi connectivity index (χ0) is 33.0. The van der Waals surface area contributed by atoms with Gasteiger partial charge < -0.3 is 8.98 Å². The van der Waals surface area contributed by atoms with E-state index in [1.54, 1.807) is 0 Å². The first kappa shape index (κ1) is 28.4. The Morgan fingerprint density at radius 3 is 1.44 bits per heavy atom. The molecular formula is C48H31NO. The molecule has 0 atom stereocenters. The van der Waals surface area contributed by atoms with Crippen LogP contribution in [0.2, 0.25) is 0 Å². The lowest BCUT2D eigenvalue weighted by molar-refractivity contribution is 0.663. The molecule has 2 aromatic heterocycles. The molecule has 0 spiro atoms. The summed E-state index contributed by atoms with van der Waals surface area (Å²) in [5.74, 6) is 0. The normalized spacial score (nSPS) is 11.6. The zero-order valence-corrected chi connectivity index (χ0v) is 27.3. The number of nitrogens with zero attached hydrogens (tertiary/aromatic N) is 1. The van der Waals surface area contributed by atoms with Crippen molar-refractivity contribution in [1.29, 1.82) is 0 Å². The van der Waals surface area contributed by atoms with Gasteiger partial charge >= 0.3 is 0 Å². The summed E-state index contributed by atoms with van der Waals surface area (Å²) in [6.45, 7) is 0. The lowest BCUT2D eigenvalue weighted by Crippen LogP contribution is -1.92. The molecule has 0 fully saturated rings. The van der Waals surface area contributed by atoms with Gasteiger partial charge in [-0.3, -0.25) is 0 Å². The maximum atomic E-state index is 7.03. The minimum Gasteiger partial charge on any atom is -0.456 e. The third kappa shape index (κ3) is 4.50. The van der Waals surface area contributed by atoms with Gasteiger partial charge in [-0.2, -0.15) is 0 Å². The Morgan fingerprint density at radius 1 is 0.300 bits per heavy atom. The molecule has 2 nitrogen and oxygen atoms in total. The molecule has 50 heavy (non-hydrogen) atoms. The Bertz CT molecular complexity index is 2950. The molecule has 0 radical (unpaired) electrons. The number of rotatable bonds is 3. The van der Waals surface area contributed by atoms with Crippen LogP contribution in [0.3, 0.4) is 0 Å². The fourth-order valence-corrected chi connectivity index (χ4v) is 7.75. The van der Waals surface area contributed by atoms with E-state index in [0.717, 1.165) is 49.5 Å². The summed E-state index contributed by atoms with van der Waals surface area (Å²) >= 11 is 0. The lowest BCUT2D eigenvalue weighted by atomic mass is 9.95. The van der Waals surface area contributed by atoms with Gasteiger partial charge in [0.15, 0.2) is 0 Å². The van der Waals surface area contributed by atoms with Crippen LogP contribution in [0.4, 0.5) is 0 Å². The molecule has 0 N–H and O–H groups in total. The Kier molecular flexibility index (Phi) is 6.53. The van der Waals surface area contributed by atoms with Crippen molar-refractivity contribution in [1.82, 2.24) is 4.57 Å². The molecule has 0 aliphatic heterocycles. The highest BCUT2D eigenvalue weighted by molar-refractivity contribution is 6.32. The smallest absolute Gasteiger partial charge is 0.135 e. The second-order valence-corrected chi connectivity index (χ2v) is 12.9. The standard InChI is InChI=1S/C48H31NO/c1-4-14-32(15-5-1)34-24-28-45-41(30-34)37-20-10-11-21-38(37)47-39(42-31-35(25-29-46(42)50-45)33-16-6-2-7-17-33)26-27-44-48(47)40-22-12-13-23-43(40)49(44)36-18-8-3-9-19-36/h1-31H. The SMILES string of the molecule is c1ccc(-c2ccc3oc4ccc(-c5ccccc5)cc4c4ccc5c(c6ccccc6n5-c5ccccc5)c4c4ccccc4c3c2)cc1. The Balaban J connectivity index is 1.48. The first-order valence-corrected chi connectivity index (χ1v) is 17.1. The number of benzene rings is 8. The highest BCUT2D eigenvalue weighted by Crippen LogP contribution is 2.42. The van der Waals surface area contributed by atoms with Crippen LogP contribution in [0.25, 0.3) is 93.2 Å². The van der Waals surface area contributed by atoms with Gasteiger partial charge in [0.05, 0.1) is 11.0 Å². The van der Waals surface area contributed by atoms with Crippen molar-refractivity contribution >= 4 is 65.3 Å². The second kappa shape index (κ2) is 11.5. The van der Waals surface area contributed by atoms with Crippen molar-refractivity contribution in [3.8, 4) is 27.9 Å². The topological polar surface area (TPSA) is 18.1 Å². The highest BCUT2D eigenvalue weighted by Gasteiger charge is 2.18. The molecule has 0 aliphatic carbocycles. The molecule has 0 aliphatic rings. The monoisotopic (exact) mass is 637 g/mol. The van der Waals surface area contributed by atoms with E-state index in [0.29, 0.717) is 0 Å². The molecule has 0 bridgehead atoms. The molecule has 2 heterocycles. The van der Waals surface area contributed by atoms with Gasteiger partial charge in [-0.05, 0) is 86.9 Å². The number of aromatic nitrogens is 1. The van der Waals surface area contributed by atoms with E-state index in [9.17, 15) is 0 Å². The van der Waals surface area contributed by atoms with Crippen LogP contribution in [0.15, 0.2) is 192 Å². The van der Waals surface area contributed by atoms with Crippen LogP contribution in [0, 0.1) is 0 Å². The van der Waals surface area contributed by atoms with Crippen molar-refractivity contribution < 1.29 is 4.42 Å². The van der Waals surface area contributed by atoms with E-state index >= 15 is 0 Å². The maximum absolute atomic E-state index is 7.03. The molecule has 0 amide bonds. The van der Waals surface area contributed by atoms with E-state index in [1.165, 1.54) is 43.7 Å². The number of fused-ring (bicyclic) bond motifs is 11. The van der Waals surface area contributed by atoms with E-state index < -0.39 is 0 Å². The Morgan fingerprint density at radius 2 is 0.800 bits per heavy atom. The zero-order valence-electron chi connectivity index (χ0n) is 27.3. The van der Waals surface area contributed by atoms with Crippen LogP contribution in [-0.4, -0.2) is 4.57 Å². The average Bonchev–Trinajstić information content (AvgIpc) is 3.55. The fraction of sp³-hybridized carbons (Fsp3) is 0. The first-order chi connectivity index (χ1) is 24.8. The summed E-state index contributed by atoms with van der Waals surface area (Å²) in [6.07, 6.45) is 0. The highest BCUT2D eigenvalue weighted by atomic mass is 16.3. The van der Waals surface area contributed by atoms with Crippen LogP contribution < -0.4 is 0 Å². The van der Waals surface area contributed by atoms with Crippen molar-refractivity contribution in [2.24, 2.45) is 0 Å². The van der Waals surface area contributed by atoms with Gasteiger partial charge in [0.2, 0.25) is 0 Å².